The first-order valence-corrected chi connectivity index (χ1v) is 15.7. The van der Waals surface area contributed by atoms with Gasteiger partial charge >= 0.3 is 0 Å². The molecule has 3 rings (SSSR count). The van der Waals surface area contributed by atoms with Gasteiger partial charge in [-0.1, -0.05) is 94.7 Å². The van der Waals surface area contributed by atoms with Crippen LogP contribution in [0.2, 0.25) is 0 Å². The maximum absolute atomic E-state index is 13.8. The second kappa shape index (κ2) is 17.5. The molecular formula is C35H51N3O3. The number of aromatic amines is 1. The van der Waals surface area contributed by atoms with Gasteiger partial charge in [-0.3, -0.25) is 9.59 Å². The molecule has 0 spiro atoms. The van der Waals surface area contributed by atoms with Crippen LogP contribution < -0.4 is 4.74 Å². The third-order valence-electron chi connectivity index (χ3n) is 7.98. The molecule has 1 heterocycles. The van der Waals surface area contributed by atoms with Gasteiger partial charge in [0, 0.05) is 48.2 Å². The summed E-state index contributed by atoms with van der Waals surface area (Å²) in [4.78, 5) is 34.0. The minimum Gasteiger partial charge on any atom is -0.496 e. The lowest BCUT2D eigenvalue weighted by Crippen LogP contribution is -2.46. The van der Waals surface area contributed by atoms with E-state index < -0.39 is 0 Å². The van der Waals surface area contributed by atoms with Gasteiger partial charge in [0.1, 0.15) is 5.75 Å². The Morgan fingerprint density at radius 1 is 0.829 bits per heavy atom. The van der Waals surface area contributed by atoms with Crippen molar-refractivity contribution in [2.45, 2.75) is 104 Å². The summed E-state index contributed by atoms with van der Waals surface area (Å²) in [6.07, 6.45) is 14.2. The van der Waals surface area contributed by atoms with Crippen molar-refractivity contribution in [2.24, 2.45) is 0 Å². The van der Waals surface area contributed by atoms with Crippen LogP contribution >= 0.6 is 0 Å². The van der Waals surface area contributed by atoms with Gasteiger partial charge in [-0.2, -0.15) is 0 Å². The van der Waals surface area contributed by atoms with Crippen molar-refractivity contribution in [1.82, 2.24) is 14.8 Å². The molecule has 0 saturated heterocycles. The number of aromatic nitrogens is 1. The van der Waals surface area contributed by atoms with Gasteiger partial charge in [0.25, 0.3) is 0 Å². The zero-order valence-corrected chi connectivity index (χ0v) is 25.8. The number of unbranched alkanes of at least 4 members (excludes halogenated alkanes) is 8. The van der Waals surface area contributed by atoms with Crippen molar-refractivity contribution in [3.05, 3.63) is 65.9 Å². The molecule has 3 aromatic rings. The molecule has 2 aromatic carbocycles. The summed E-state index contributed by atoms with van der Waals surface area (Å²) in [7, 11) is 1.66. The quantitative estimate of drug-likeness (QED) is 0.151. The fraction of sp³-hybridized carbons (Fsp3) is 0.543. The molecule has 0 bridgehead atoms. The van der Waals surface area contributed by atoms with E-state index in [4.69, 9.17) is 4.74 Å². The maximum atomic E-state index is 13.8. The van der Waals surface area contributed by atoms with E-state index in [2.05, 4.69) is 24.0 Å². The number of para-hydroxylation sites is 2. The minimum atomic E-state index is -0.0372. The Kier molecular flexibility index (Phi) is 13.8. The van der Waals surface area contributed by atoms with Crippen molar-refractivity contribution in [3.63, 3.8) is 0 Å². The number of ether oxygens (including phenoxy) is 1. The van der Waals surface area contributed by atoms with E-state index in [-0.39, 0.29) is 24.4 Å². The molecule has 2 amide bonds. The first kappa shape index (κ1) is 32.2. The monoisotopic (exact) mass is 561 g/mol. The van der Waals surface area contributed by atoms with E-state index in [1.807, 2.05) is 61.3 Å². The maximum Gasteiger partial charge on any atom is 0.242 e. The average molecular weight is 562 g/mol. The van der Waals surface area contributed by atoms with Crippen LogP contribution in [0.5, 0.6) is 5.75 Å². The number of rotatable bonds is 19. The van der Waals surface area contributed by atoms with E-state index in [0.717, 1.165) is 36.1 Å². The topological polar surface area (TPSA) is 65.6 Å². The summed E-state index contributed by atoms with van der Waals surface area (Å²) < 4.78 is 5.58. The highest BCUT2D eigenvalue weighted by atomic mass is 16.5. The van der Waals surface area contributed by atoms with Crippen LogP contribution in [0, 0.1) is 0 Å². The first-order chi connectivity index (χ1) is 19.9. The number of fused-ring (bicyclic) bond motifs is 1. The number of hydrogen-bond acceptors (Lipinski definition) is 3. The van der Waals surface area contributed by atoms with Crippen LogP contribution in [0.4, 0.5) is 0 Å². The highest BCUT2D eigenvalue weighted by Gasteiger charge is 2.24. The Morgan fingerprint density at radius 2 is 1.49 bits per heavy atom. The number of nitrogens with one attached hydrogen (secondary N) is 1. The Morgan fingerprint density at radius 3 is 2.20 bits per heavy atom. The zero-order chi connectivity index (χ0) is 29.5. The van der Waals surface area contributed by atoms with Gasteiger partial charge in [0.05, 0.1) is 13.7 Å². The zero-order valence-electron chi connectivity index (χ0n) is 25.8. The largest absolute Gasteiger partial charge is 0.496 e. The molecule has 0 unspecified atom stereocenters. The summed E-state index contributed by atoms with van der Waals surface area (Å²) in [5, 5.41) is 1.18. The number of nitrogens with zero attached hydrogens (tertiary/aromatic N) is 2. The van der Waals surface area contributed by atoms with E-state index in [9.17, 15) is 9.59 Å². The van der Waals surface area contributed by atoms with E-state index in [0.29, 0.717) is 19.5 Å². The number of carbonyl (C=O) groups is 2. The third-order valence-corrected chi connectivity index (χ3v) is 7.98. The van der Waals surface area contributed by atoms with Gasteiger partial charge in [0.15, 0.2) is 0 Å². The Bertz CT molecular complexity index is 1200. The molecule has 0 atom stereocenters. The molecule has 6 nitrogen and oxygen atoms in total. The smallest absolute Gasteiger partial charge is 0.242 e. The Balaban J connectivity index is 1.61. The van der Waals surface area contributed by atoms with Crippen molar-refractivity contribution < 1.29 is 14.3 Å². The second-order valence-electron chi connectivity index (χ2n) is 11.4. The van der Waals surface area contributed by atoms with Crippen LogP contribution in [0.1, 0.15) is 96.1 Å². The van der Waals surface area contributed by atoms with Gasteiger partial charge in [-0.15, -0.1) is 0 Å². The Labute approximate surface area is 247 Å². The second-order valence-corrected chi connectivity index (χ2v) is 11.4. The molecule has 41 heavy (non-hydrogen) atoms. The molecule has 1 aromatic heterocycles. The minimum absolute atomic E-state index is 0.0354. The molecule has 0 fully saturated rings. The van der Waals surface area contributed by atoms with Crippen LogP contribution in [0.15, 0.2) is 54.7 Å². The predicted octanol–water partition coefficient (Wildman–Crippen LogP) is 7.91. The lowest BCUT2D eigenvalue weighted by molar-refractivity contribution is -0.142. The lowest BCUT2D eigenvalue weighted by Gasteiger charge is -2.30. The predicted molar refractivity (Wildman–Crippen MR) is 169 cm³/mol. The molecule has 0 aliphatic heterocycles. The van der Waals surface area contributed by atoms with Gasteiger partial charge in [0.2, 0.25) is 11.8 Å². The van der Waals surface area contributed by atoms with Gasteiger partial charge in [-0.05, 0) is 44.4 Å². The number of amides is 2. The summed E-state index contributed by atoms with van der Waals surface area (Å²) >= 11 is 0. The molecule has 0 saturated carbocycles. The molecular weight excluding hydrogens is 510 g/mol. The third kappa shape index (κ3) is 10.2. The molecule has 0 aliphatic rings. The molecule has 224 valence electrons. The van der Waals surface area contributed by atoms with Gasteiger partial charge in [-0.25, -0.2) is 0 Å². The number of hydrogen-bond donors (Lipinski definition) is 1. The fourth-order valence-electron chi connectivity index (χ4n) is 5.46. The Hall–Kier alpha value is -3.28. The van der Waals surface area contributed by atoms with E-state index in [1.54, 1.807) is 12.0 Å². The normalized spacial score (nSPS) is 11.2. The molecule has 0 aliphatic carbocycles. The molecule has 6 heteroatoms. The highest BCUT2D eigenvalue weighted by molar-refractivity contribution is 5.85. The van der Waals surface area contributed by atoms with Crippen molar-refractivity contribution >= 4 is 22.7 Å². The SMILES string of the molecule is CCCCCCCCCCCC(=O)N(CC(=O)N(CCc1c[nH]c2ccccc12)Cc1ccccc1OC)C(C)C. The number of methoxy groups -OCH3 is 1. The van der Waals surface area contributed by atoms with Crippen molar-refractivity contribution in [2.75, 3.05) is 20.2 Å². The molecule has 1 N–H and O–H groups in total. The summed E-state index contributed by atoms with van der Waals surface area (Å²) in [5.74, 6) is 0.801. The van der Waals surface area contributed by atoms with Crippen LogP contribution in [0.25, 0.3) is 10.9 Å². The first-order valence-electron chi connectivity index (χ1n) is 15.7. The van der Waals surface area contributed by atoms with E-state index in [1.165, 1.54) is 55.9 Å². The number of carbonyl (C=O) groups excluding carboxylic acids is 2. The van der Waals surface area contributed by atoms with Crippen LogP contribution in [-0.2, 0) is 22.6 Å². The van der Waals surface area contributed by atoms with Crippen molar-refractivity contribution in [1.29, 1.82) is 0 Å². The molecule has 0 radical (unpaired) electrons. The number of H-pyrrole nitrogens is 1. The summed E-state index contributed by atoms with van der Waals surface area (Å²) in [6.45, 7) is 7.32. The van der Waals surface area contributed by atoms with Gasteiger partial charge < -0.3 is 19.5 Å². The summed E-state index contributed by atoms with van der Waals surface area (Å²) in [6, 6.07) is 16.0. The average Bonchev–Trinajstić information content (AvgIpc) is 3.40. The van der Waals surface area contributed by atoms with E-state index >= 15 is 0 Å². The van der Waals surface area contributed by atoms with Crippen molar-refractivity contribution in [3.8, 4) is 5.75 Å². The summed E-state index contributed by atoms with van der Waals surface area (Å²) in [5.41, 5.74) is 3.23. The van der Waals surface area contributed by atoms with Crippen LogP contribution in [-0.4, -0.2) is 52.8 Å². The lowest BCUT2D eigenvalue weighted by atomic mass is 10.1. The standard InChI is InChI=1S/C35H51N3O3/c1-5-6-7-8-9-10-11-12-13-22-34(39)38(28(2)3)27-35(40)37(26-30-18-14-17-21-33(30)41-4)24-23-29-25-36-32-20-16-15-19-31(29)32/h14-21,25,28,36H,5-13,22-24,26-27H2,1-4H3. The fourth-order valence-corrected chi connectivity index (χ4v) is 5.46. The highest BCUT2D eigenvalue weighted by Crippen LogP contribution is 2.22. The number of benzene rings is 2. The van der Waals surface area contributed by atoms with Crippen LogP contribution in [0.3, 0.4) is 0 Å².